The normalized spacial score (nSPS) is 15.5. The van der Waals surface area contributed by atoms with Crippen LogP contribution in [0.5, 0.6) is 0 Å². The molecule has 30 heavy (non-hydrogen) atoms. The smallest absolute Gasteiger partial charge is 0.228 e. The van der Waals surface area contributed by atoms with Crippen molar-refractivity contribution in [3.05, 3.63) is 57.6 Å². The Morgan fingerprint density at radius 2 is 2.10 bits per heavy atom. The molecule has 0 aliphatic carbocycles. The van der Waals surface area contributed by atoms with Gasteiger partial charge in [-0.2, -0.15) is 4.98 Å². The van der Waals surface area contributed by atoms with Gasteiger partial charge in [-0.05, 0) is 23.6 Å². The SMILES string of the molecule is CN=C(NCCc1nc(-c2cccc(Cl)c2)no1)N1CCN(Cc2cccs2)CC1. The second kappa shape index (κ2) is 10.1. The summed E-state index contributed by atoms with van der Waals surface area (Å²) >= 11 is 7.86. The second-order valence-corrected chi connectivity index (χ2v) is 8.56. The van der Waals surface area contributed by atoms with Crippen LogP contribution in [-0.2, 0) is 13.0 Å². The van der Waals surface area contributed by atoms with E-state index in [2.05, 4.69) is 47.8 Å². The van der Waals surface area contributed by atoms with E-state index in [-0.39, 0.29) is 0 Å². The Morgan fingerprint density at radius 3 is 2.83 bits per heavy atom. The van der Waals surface area contributed by atoms with Gasteiger partial charge in [0.2, 0.25) is 11.7 Å². The van der Waals surface area contributed by atoms with Crippen molar-refractivity contribution >= 4 is 28.9 Å². The number of guanidine groups is 1. The molecule has 0 spiro atoms. The summed E-state index contributed by atoms with van der Waals surface area (Å²) in [6.45, 7) is 5.70. The van der Waals surface area contributed by atoms with Crippen LogP contribution in [0.25, 0.3) is 11.4 Å². The number of hydrogen-bond donors (Lipinski definition) is 1. The van der Waals surface area contributed by atoms with Crippen molar-refractivity contribution in [1.29, 1.82) is 0 Å². The Balaban J connectivity index is 1.23. The Bertz CT molecular complexity index is 966. The summed E-state index contributed by atoms with van der Waals surface area (Å²) in [6.07, 6.45) is 0.630. The number of aromatic nitrogens is 2. The number of nitrogens with zero attached hydrogens (tertiary/aromatic N) is 5. The number of nitrogens with one attached hydrogen (secondary N) is 1. The van der Waals surface area contributed by atoms with Crippen LogP contribution in [0.3, 0.4) is 0 Å². The highest BCUT2D eigenvalue weighted by Gasteiger charge is 2.20. The molecule has 0 bridgehead atoms. The van der Waals surface area contributed by atoms with Gasteiger partial charge in [-0.25, -0.2) is 0 Å². The fraction of sp³-hybridized carbons (Fsp3) is 0.381. The summed E-state index contributed by atoms with van der Waals surface area (Å²) in [6, 6.07) is 11.8. The monoisotopic (exact) mass is 444 g/mol. The van der Waals surface area contributed by atoms with Crippen LogP contribution in [-0.4, -0.2) is 65.7 Å². The molecule has 0 saturated carbocycles. The predicted molar refractivity (Wildman–Crippen MR) is 121 cm³/mol. The molecular formula is C21H25ClN6OS. The molecule has 2 aromatic heterocycles. The lowest BCUT2D eigenvalue weighted by atomic mass is 10.2. The number of hydrogen-bond acceptors (Lipinski definition) is 6. The van der Waals surface area contributed by atoms with Crippen LogP contribution in [0.4, 0.5) is 0 Å². The first-order valence-corrected chi connectivity index (χ1v) is 11.3. The lowest BCUT2D eigenvalue weighted by Gasteiger charge is -2.36. The van der Waals surface area contributed by atoms with Gasteiger partial charge in [0.15, 0.2) is 5.96 Å². The fourth-order valence-corrected chi connectivity index (χ4v) is 4.39. The van der Waals surface area contributed by atoms with E-state index in [0.29, 0.717) is 29.7 Å². The maximum Gasteiger partial charge on any atom is 0.228 e. The molecule has 3 aromatic rings. The molecule has 0 amide bonds. The van der Waals surface area contributed by atoms with Gasteiger partial charge in [0.25, 0.3) is 0 Å². The molecule has 1 aliphatic rings. The number of rotatable bonds is 6. The molecule has 0 unspecified atom stereocenters. The van der Waals surface area contributed by atoms with E-state index in [9.17, 15) is 0 Å². The molecule has 158 valence electrons. The van der Waals surface area contributed by atoms with E-state index in [1.807, 2.05) is 42.6 Å². The predicted octanol–water partition coefficient (Wildman–Crippen LogP) is 3.39. The quantitative estimate of drug-likeness (QED) is 0.464. The highest BCUT2D eigenvalue weighted by molar-refractivity contribution is 7.09. The highest BCUT2D eigenvalue weighted by Crippen LogP contribution is 2.20. The molecule has 7 nitrogen and oxygen atoms in total. The summed E-state index contributed by atoms with van der Waals surface area (Å²) in [7, 11) is 1.82. The largest absolute Gasteiger partial charge is 0.356 e. The molecular weight excluding hydrogens is 420 g/mol. The standard InChI is InChI=1S/C21H25ClN6OS/c1-23-21(28-11-9-27(10-12-28)15-18-6-3-13-30-18)24-8-7-19-25-20(26-29-19)16-4-2-5-17(22)14-16/h2-6,13-14H,7-12,15H2,1H3,(H,23,24). The number of piperazine rings is 1. The second-order valence-electron chi connectivity index (χ2n) is 7.09. The van der Waals surface area contributed by atoms with E-state index >= 15 is 0 Å². The number of benzene rings is 1. The van der Waals surface area contributed by atoms with Crippen molar-refractivity contribution in [2.45, 2.75) is 13.0 Å². The van der Waals surface area contributed by atoms with E-state index in [0.717, 1.165) is 44.2 Å². The molecule has 1 aliphatic heterocycles. The van der Waals surface area contributed by atoms with Crippen molar-refractivity contribution in [3.8, 4) is 11.4 Å². The van der Waals surface area contributed by atoms with Gasteiger partial charge >= 0.3 is 0 Å². The fourth-order valence-electron chi connectivity index (χ4n) is 3.46. The zero-order chi connectivity index (χ0) is 20.8. The van der Waals surface area contributed by atoms with Crippen molar-refractivity contribution in [1.82, 2.24) is 25.3 Å². The van der Waals surface area contributed by atoms with Gasteiger partial charge in [0.05, 0.1) is 0 Å². The summed E-state index contributed by atoms with van der Waals surface area (Å²) < 4.78 is 5.38. The lowest BCUT2D eigenvalue weighted by molar-refractivity contribution is 0.174. The number of halogens is 1. The number of aliphatic imine (C=N–C) groups is 1. The summed E-state index contributed by atoms with van der Waals surface area (Å²) in [5.41, 5.74) is 0.849. The first kappa shape index (κ1) is 20.8. The summed E-state index contributed by atoms with van der Waals surface area (Å²) in [5.74, 6) is 2.06. The molecule has 1 N–H and O–H groups in total. The van der Waals surface area contributed by atoms with Gasteiger partial charge in [-0.3, -0.25) is 9.89 Å². The highest BCUT2D eigenvalue weighted by atomic mass is 35.5. The third-order valence-corrected chi connectivity index (χ3v) is 6.11. The minimum absolute atomic E-state index is 0.554. The topological polar surface area (TPSA) is 69.8 Å². The molecule has 9 heteroatoms. The lowest BCUT2D eigenvalue weighted by Crippen LogP contribution is -2.52. The Hall–Kier alpha value is -2.42. The van der Waals surface area contributed by atoms with Crippen LogP contribution in [0.2, 0.25) is 5.02 Å². The Morgan fingerprint density at radius 1 is 1.23 bits per heavy atom. The van der Waals surface area contributed by atoms with Crippen LogP contribution >= 0.6 is 22.9 Å². The third-order valence-electron chi connectivity index (χ3n) is 5.02. The molecule has 4 rings (SSSR count). The van der Waals surface area contributed by atoms with Crippen molar-refractivity contribution < 1.29 is 4.52 Å². The van der Waals surface area contributed by atoms with Crippen molar-refractivity contribution in [2.24, 2.45) is 4.99 Å². The average molecular weight is 445 g/mol. The maximum atomic E-state index is 6.04. The van der Waals surface area contributed by atoms with E-state index in [4.69, 9.17) is 16.1 Å². The maximum absolute atomic E-state index is 6.04. The molecule has 3 heterocycles. The molecule has 1 aromatic carbocycles. The summed E-state index contributed by atoms with van der Waals surface area (Å²) in [5, 5.41) is 10.3. The van der Waals surface area contributed by atoms with Crippen molar-refractivity contribution in [3.63, 3.8) is 0 Å². The van der Waals surface area contributed by atoms with Crippen molar-refractivity contribution in [2.75, 3.05) is 39.8 Å². The number of thiophene rings is 1. The Labute approximate surface area is 185 Å². The first-order chi connectivity index (χ1) is 14.7. The van der Waals surface area contributed by atoms with Gasteiger partial charge in [-0.15, -0.1) is 11.3 Å². The van der Waals surface area contributed by atoms with Crippen LogP contribution in [0.15, 0.2) is 51.3 Å². The Kier molecular flexibility index (Phi) is 6.99. The zero-order valence-electron chi connectivity index (χ0n) is 16.9. The van der Waals surface area contributed by atoms with Gasteiger partial charge < -0.3 is 14.7 Å². The summed E-state index contributed by atoms with van der Waals surface area (Å²) in [4.78, 5) is 15.1. The van der Waals surface area contributed by atoms with Crippen LogP contribution in [0, 0.1) is 0 Å². The van der Waals surface area contributed by atoms with Gasteiger partial charge in [0.1, 0.15) is 0 Å². The first-order valence-electron chi connectivity index (χ1n) is 10.00. The molecule has 0 radical (unpaired) electrons. The van der Waals surface area contributed by atoms with Gasteiger partial charge in [0, 0.05) is 68.2 Å². The third kappa shape index (κ3) is 5.38. The average Bonchev–Trinajstić information content (AvgIpc) is 3.44. The van der Waals surface area contributed by atoms with Crippen LogP contribution < -0.4 is 5.32 Å². The molecule has 1 saturated heterocycles. The van der Waals surface area contributed by atoms with Crippen LogP contribution in [0.1, 0.15) is 10.8 Å². The minimum atomic E-state index is 0.554. The molecule has 0 atom stereocenters. The van der Waals surface area contributed by atoms with E-state index in [1.54, 1.807) is 0 Å². The van der Waals surface area contributed by atoms with E-state index < -0.39 is 0 Å². The minimum Gasteiger partial charge on any atom is -0.356 e. The zero-order valence-corrected chi connectivity index (χ0v) is 18.5. The van der Waals surface area contributed by atoms with Gasteiger partial charge in [-0.1, -0.05) is 35.0 Å². The van der Waals surface area contributed by atoms with E-state index in [1.165, 1.54) is 4.88 Å². The molecule has 1 fully saturated rings.